The molecule has 24 heavy (non-hydrogen) atoms. The maximum atomic E-state index is 12.3. The van der Waals surface area contributed by atoms with Crippen molar-refractivity contribution in [1.29, 1.82) is 0 Å². The molecular formula is C15H18N4O4S. The number of nitrogens with two attached hydrogens (primary N) is 1. The van der Waals surface area contributed by atoms with Crippen molar-refractivity contribution < 1.29 is 19.1 Å². The number of hydrogen-bond donors (Lipinski definition) is 3. The Morgan fingerprint density at radius 2 is 1.96 bits per heavy atom. The highest BCUT2D eigenvalue weighted by atomic mass is 32.1. The van der Waals surface area contributed by atoms with E-state index in [2.05, 4.69) is 15.6 Å². The average molecular weight is 350 g/mol. The second kappa shape index (κ2) is 8.27. The molecule has 1 heterocycles. The lowest BCUT2D eigenvalue weighted by Gasteiger charge is -2.09. The number of carbonyl (C=O) groups is 2. The molecule has 4 N–H and O–H groups in total. The van der Waals surface area contributed by atoms with Gasteiger partial charge < -0.3 is 20.5 Å². The SMILES string of the molecule is COc1ccc(C(=O)Nc2nc(C(=O)NCCN)cs2)cc1OC. The summed E-state index contributed by atoms with van der Waals surface area (Å²) in [5.41, 5.74) is 5.94. The molecule has 128 valence electrons. The van der Waals surface area contributed by atoms with Gasteiger partial charge in [-0.05, 0) is 18.2 Å². The maximum Gasteiger partial charge on any atom is 0.270 e. The molecule has 2 aromatic rings. The number of benzene rings is 1. The largest absolute Gasteiger partial charge is 0.493 e. The molecular weight excluding hydrogens is 332 g/mol. The van der Waals surface area contributed by atoms with Crippen LogP contribution in [0.15, 0.2) is 23.6 Å². The summed E-state index contributed by atoms with van der Waals surface area (Å²) in [7, 11) is 3.01. The van der Waals surface area contributed by atoms with Gasteiger partial charge >= 0.3 is 0 Å². The molecule has 0 aliphatic heterocycles. The van der Waals surface area contributed by atoms with E-state index < -0.39 is 0 Å². The molecule has 0 bridgehead atoms. The first-order valence-electron chi connectivity index (χ1n) is 7.06. The van der Waals surface area contributed by atoms with Gasteiger partial charge in [-0.25, -0.2) is 4.98 Å². The number of amides is 2. The summed E-state index contributed by atoms with van der Waals surface area (Å²) in [5, 5.41) is 7.15. The van der Waals surface area contributed by atoms with E-state index in [9.17, 15) is 9.59 Å². The molecule has 2 rings (SSSR count). The zero-order valence-corrected chi connectivity index (χ0v) is 14.1. The van der Waals surface area contributed by atoms with Crippen molar-refractivity contribution in [2.45, 2.75) is 0 Å². The third kappa shape index (κ3) is 4.21. The lowest BCUT2D eigenvalue weighted by atomic mass is 10.2. The minimum Gasteiger partial charge on any atom is -0.493 e. The van der Waals surface area contributed by atoms with E-state index >= 15 is 0 Å². The Morgan fingerprint density at radius 1 is 1.21 bits per heavy atom. The van der Waals surface area contributed by atoms with E-state index in [0.717, 1.165) is 11.3 Å². The number of methoxy groups -OCH3 is 2. The molecule has 0 aliphatic carbocycles. The number of thiazole rings is 1. The second-order valence-corrected chi connectivity index (χ2v) is 5.46. The van der Waals surface area contributed by atoms with Crippen molar-refractivity contribution >= 4 is 28.3 Å². The minimum atomic E-state index is -0.362. The summed E-state index contributed by atoms with van der Waals surface area (Å²) < 4.78 is 10.3. The van der Waals surface area contributed by atoms with Crippen LogP contribution in [-0.2, 0) is 0 Å². The van der Waals surface area contributed by atoms with E-state index in [1.165, 1.54) is 14.2 Å². The van der Waals surface area contributed by atoms with Crippen molar-refractivity contribution in [2.75, 3.05) is 32.6 Å². The number of hydrogen-bond acceptors (Lipinski definition) is 7. The van der Waals surface area contributed by atoms with E-state index in [0.29, 0.717) is 35.3 Å². The molecule has 0 spiro atoms. The summed E-state index contributed by atoms with van der Waals surface area (Å²) in [5.74, 6) is 0.288. The minimum absolute atomic E-state index is 0.232. The molecule has 0 radical (unpaired) electrons. The van der Waals surface area contributed by atoms with Gasteiger partial charge in [-0.2, -0.15) is 0 Å². The highest BCUT2D eigenvalue weighted by Crippen LogP contribution is 2.28. The number of ether oxygens (including phenoxy) is 2. The van der Waals surface area contributed by atoms with Gasteiger partial charge in [0.25, 0.3) is 11.8 Å². The predicted octanol–water partition coefficient (Wildman–Crippen LogP) is 1.10. The van der Waals surface area contributed by atoms with Crippen LogP contribution >= 0.6 is 11.3 Å². The topological polar surface area (TPSA) is 116 Å². The van der Waals surface area contributed by atoms with Gasteiger partial charge in [0.05, 0.1) is 14.2 Å². The van der Waals surface area contributed by atoms with E-state index in [4.69, 9.17) is 15.2 Å². The summed E-state index contributed by atoms with van der Waals surface area (Å²) >= 11 is 1.16. The van der Waals surface area contributed by atoms with Crippen LogP contribution in [0.1, 0.15) is 20.8 Å². The van der Waals surface area contributed by atoms with Gasteiger partial charge in [0, 0.05) is 24.0 Å². The Kier molecular flexibility index (Phi) is 6.10. The molecule has 1 aromatic carbocycles. The second-order valence-electron chi connectivity index (χ2n) is 4.61. The first-order valence-corrected chi connectivity index (χ1v) is 7.94. The van der Waals surface area contributed by atoms with Crippen molar-refractivity contribution in [3.8, 4) is 11.5 Å². The zero-order chi connectivity index (χ0) is 17.5. The fourth-order valence-corrected chi connectivity index (χ4v) is 2.54. The Hall–Kier alpha value is -2.65. The van der Waals surface area contributed by atoms with Gasteiger partial charge in [0.1, 0.15) is 5.69 Å². The number of carbonyl (C=O) groups excluding carboxylic acids is 2. The Bertz CT molecular complexity index is 732. The molecule has 0 saturated carbocycles. The van der Waals surface area contributed by atoms with Crippen molar-refractivity contribution in [1.82, 2.24) is 10.3 Å². The third-order valence-corrected chi connectivity index (χ3v) is 3.79. The smallest absolute Gasteiger partial charge is 0.270 e. The van der Waals surface area contributed by atoms with Crippen LogP contribution in [0.3, 0.4) is 0 Å². The van der Waals surface area contributed by atoms with Gasteiger partial charge in [0.2, 0.25) is 0 Å². The first kappa shape index (κ1) is 17.7. The average Bonchev–Trinajstić information content (AvgIpc) is 3.07. The molecule has 0 unspecified atom stereocenters. The molecule has 0 aliphatic rings. The molecule has 9 heteroatoms. The van der Waals surface area contributed by atoms with Crippen LogP contribution in [0.25, 0.3) is 0 Å². The van der Waals surface area contributed by atoms with Gasteiger partial charge in [-0.15, -0.1) is 11.3 Å². The predicted molar refractivity (Wildman–Crippen MR) is 91.0 cm³/mol. The van der Waals surface area contributed by atoms with Crippen LogP contribution in [-0.4, -0.2) is 44.1 Å². The number of aromatic nitrogens is 1. The van der Waals surface area contributed by atoms with Gasteiger partial charge in [-0.3, -0.25) is 14.9 Å². The molecule has 0 fully saturated rings. The van der Waals surface area contributed by atoms with Crippen LogP contribution in [0.4, 0.5) is 5.13 Å². The summed E-state index contributed by atoms with van der Waals surface area (Å²) in [6.07, 6.45) is 0. The van der Waals surface area contributed by atoms with Crippen LogP contribution in [0, 0.1) is 0 Å². The lowest BCUT2D eigenvalue weighted by Crippen LogP contribution is -2.29. The number of nitrogens with zero attached hydrogens (tertiary/aromatic N) is 1. The Balaban J connectivity index is 2.07. The maximum absolute atomic E-state index is 12.3. The molecule has 8 nitrogen and oxygen atoms in total. The van der Waals surface area contributed by atoms with Crippen LogP contribution in [0.5, 0.6) is 11.5 Å². The standard InChI is InChI=1S/C15H18N4O4S/c1-22-11-4-3-9(7-12(11)23-2)13(20)19-15-18-10(8-24-15)14(21)17-6-5-16/h3-4,7-8H,5-6,16H2,1-2H3,(H,17,21)(H,18,19,20). The van der Waals surface area contributed by atoms with Crippen molar-refractivity contribution in [3.63, 3.8) is 0 Å². The lowest BCUT2D eigenvalue weighted by molar-refractivity contribution is 0.0949. The summed E-state index contributed by atoms with van der Waals surface area (Å²) in [6, 6.07) is 4.82. The number of rotatable bonds is 7. The van der Waals surface area contributed by atoms with E-state index in [-0.39, 0.29) is 17.5 Å². The normalized spacial score (nSPS) is 10.1. The summed E-state index contributed by atoms with van der Waals surface area (Å²) in [6.45, 7) is 0.711. The molecule has 1 aromatic heterocycles. The van der Waals surface area contributed by atoms with E-state index in [1.54, 1.807) is 23.6 Å². The molecule has 0 atom stereocenters. The fraction of sp³-hybridized carbons (Fsp3) is 0.267. The van der Waals surface area contributed by atoms with Gasteiger partial charge in [-0.1, -0.05) is 0 Å². The highest BCUT2D eigenvalue weighted by Gasteiger charge is 2.14. The summed E-state index contributed by atoms with van der Waals surface area (Å²) in [4.78, 5) is 28.1. The van der Waals surface area contributed by atoms with Crippen molar-refractivity contribution in [3.05, 3.63) is 34.8 Å². The van der Waals surface area contributed by atoms with Crippen LogP contribution < -0.4 is 25.8 Å². The monoisotopic (exact) mass is 350 g/mol. The van der Waals surface area contributed by atoms with Crippen LogP contribution in [0.2, 0.25) is 0 Å². The van der Waals surface area contributed by atoms with E-state index in [1.807, 2.05) is 0 Å². The van der Waals surface area contributed by atoms with Crippen molar-refractivity contribution in [2.24, 2.45) is 5.73 Å². The zero-order valence-electron chi connectivity index (χ0n) is 13.3. The first-order chi connectivity index (χ1) is 11.6. The number of nitrogens with one attached hydrogen (secondary N) is 2. The Labute approximate surface area is 143 Å². The molecule has 2 amide bonds. The fourth-order valence-electron chi connectivity index (χ4n) is 1.86. The number of anilines is 1. The Morgan fingerprint density at radius 3 is 2.62 bits per heavy atom. The van der Waals surface area contributed by atoms with Gasteiger partial charge in [0.15, 0.2) is 16.6 Å². The highest BCUT2D eigenvalue weighted by molar-refractivity contribution is 7.14. The third-order valence-electron chi connectivity index (χ3n) is 3.03. The quantitative estimate of drug-likeness (QED) is 0.689. The molecule has 0 saturated heterocycles.